The standard InChI is InChI=1S/C6H8N2OS2/c1-4-6(7-8-11-4)3-10-5(2)9/h3H2,1-2H3. The summed E-state index contributed by atoms with van der Waals surface area (Å²) in [4.78, 5) is 11.7. The largest absolute Gasteiger partial charge is 0.288 e. The van der Waals surface area contributed by atoms with Crippen molar-refractivity contribution in [3.63, 3.8) is 0 Å². The van der Waals surface area contributed by atoms with Gasteiger partial charge in [0.15, 0.2) is 5.12 Å². The molecule has 1 rings (SSSR count). The molecule has 0 aromatic carbocycles. The smallest absolute Gasteiger partial charge is 0.186 e. The molecule has 0 amide bonds. The number of aromatic nitrogens is 2. The van der Waals surface area contributed by atoms with Gasteiger partial charge in [0.05, 0.1) is 5.69 Å². The molecular formula is C6H8N2OS2. The molecule has 1 aromatic rings. The molecule has 0 bridgehead atoms. The molecule has 0 fully saturated rings. The summed E-state index contributed by atoms with van der Waals surface area (Å²) in [5.74, 6) is 0.650. The van der Waals surface area contributed by atoms with Crippen molar-refractivity contribution in [3.8, 4) is 0 Å². The van der Waals surface area contributed by atoms with E-state index in [-0.39, 0.29) is 5.12 Å². The second-order valence-electron chi connectivity index (χ2n) is 2.06. The summed E-state index contributed by atoms with van der Waals surface area (Å²) < 4.78 is 3.77. The van der Waals surface area contributed by atoms with Crippen molar-refractivity contribution < 1.29 is 4.79 Å². The lowest BCUT2D eigenvalue weighted by molar-refractivity contribution is -0.109. The van der Waals surface area contributed by atoms with Crippen molar-refractivity contribution in [1.29, 1.82) is 0 Å². The first-order valence-corrected chi connectivity index (χ1v) is 4.87. The number of thioether (sulfide) groups is 1. The number of aryl methyl sites for hydroxylation is 1. The Morgan fingerprint density at radius 1 is 1.73 bits per heavy atom. The molecule has 0 unspecified atom stereocenters. The molecule has 5 heteroatoms. The molecule has 1 aromatic heterocycles. The maximum Gasteiger partial charge on any atom is 0.186 e. The highest BCUT2D eigenvalue weighted by molar-refractivity contribution is 8.12. The van der Waals surface area contributed by atoms with Crippen LogP contribution in [0.3, 0.4) is 0 Å². The van der Waals surface area contributed by atoms with E-state index in [1.807, 2.05) is 6.92 Å². The third-order valence-corrected chi connectivity index (χ3v) is 2.65. The molecule has 0 N–H and O–H groups in total. The number of hydrogen-bond acceptors (Lipinski definition) is 5. The van der Waals surface area contributed by atoms with Crippen LogP contribution in [0.5, 0.6) is 0 Å². The molecule has 11 heavy (non-hydrogen) atoms. The highest BCUT2D eigenvalue weighted by atomic mass is 32.2. The van der Waals surface area contributed by atoms with Gasteiger partial charge in [0.25, 0.3) is 0 Å². The zero-order valence-electron chi connectivity index (χ0n) is 6.33. The van der Waals surface area contributed by atoms with Gasteiger partial charge in [-0.15, -0.1) is 5.10 Å². The molecule has 60 valence electrons. The Morgan fingerprint density at radius 3 is 2.91 bits per heavy atom. The highest BCUT2D eigenvalue weighted by Crippen LogP contribution is 2.15. The lowest BCUT2D eigenvalue weighted by Gasteiger charge is -1.91. The average Bonchev–Trinajstić information content (AvgIpc) is 2.31. The Kier molecular flexibility index (Phi) is 3.02. The van der Waals surface area contributed by atoms with E-state index >= 15 is 0 Å². The summed E-state index contributed by atoms with van der Waals surface area (Å²) >= 11 is 2.64. The summed E-state index contributed by atoms with van der Waals surface area (Å²) in [7, 11) is 0. The van der Waals surface area contributed by atoms with Gasteiger partial charge in [-0.2, -0.15) is 0 Å². The van der Waals surface area contributed by atoms with Gasteiger partial charge in [0.1, 0.15) is 0 Å². The molecule has 0 radical (unpaired) electrons. The molecule has 0 atom stereocenters. The van der Waals surface area contributed by atoms with E-state index in [0.29, 0.717) is 5.75 Å². The molecule has 3 nitrogen and oxygen atoms in total. The van der Waals surface area contributed by atoms with E-state index in [0.717, 1.165) is 10.6 Å². The lowest BCUT2D eigenvalue weighted by atomic mass is 10.4. The third-order valence-electron chi connectivity index (χ3n) is 1.16. The first-order chi connectivity index (χ1) is 5.20. The van der Waals surface area contributed by atoms with Gasteiger partial charge in [0, 0.05) is 17.6 Å². The molecular weight excluding hydrogens is 180 g/mol. The van der Waals surface area contributed by atoms with Crippen LogP contribution in [0.15, 0.2) is 0 Å². The summed E-state index contributed by atoms with van der Waals surface area (Å²) in [5, 5.41) is 4.01. The molecule has 0 aliphatic carbocycles. The minimum atomic E-state index is 0.123. The van der Waals surface area contributed by atoms with Gasteiger partial charge in [-0.25, -0.2) is 0 Å². The van der Waals surface area contributed by atoms with Crippen LogP contribution >= 0.6 is 23.3 Å². The van der Waals surface area contributed by atoms with Crippen LogP contribution < -0.4 is 0 Å². The number of rotatable bonds is 2. The molecule has 0 spiro atoms. The van der Waals surface area contributed by atoms with Crippen LogP contribution in [-0.4, -0.2) is 14.7 Å². The van der Waals surface area contributed by atoms with Gasteiger partial charge in [0.2, 0.25) is 0 Å². The fraction of sp³-hybridized carbons (Fsp3) is 0.500. The number of nitrogens with zero attached hydrogens (tertiary/aromatic N) is 2. The molecule has 0 saturated heterocycles. The van der Waals surface area contributed by atoms with E-state index in [1.54, 1.807) is 6.92 Å². The maximum absolute atomic E-state index is 10.6. The number of hydrogen-bond donors (Lipinski definition) is 0. The summed E-state index contributed by atoms with van der Waals surface area (Å²) in [6.45, 7) is 3.51. The van der Waals surface area contributed by atoms with Crippen molar-refractivity contribution >= 4 is 28.4 Å². The topological polar surface area (TPSA) is 42.9 Å². The summed E-state index contributed by atoms with van der Waals surface area (Å²) in [6, 6.07) is 0. The number of carbonyl (C=O) groups excluding carboxylic acids is 1. The second-order valence-corrected chi connectivity index (χ2v) is 4.17. The van der Waals surface area contributed by atoms with Crippen LogP contribution in [0.2, 0.25) is 0 Å². The van der Waals surface area contributed by atoms with E-state index < -0.39 is 0 Å². The van der Waals surface area contributed by atoms with Crippen molar-refractivity contribution in [1.82, 2.24) is 9.59 Å². The van der Waals surface area contributed by atoms with Crippen molar-refractivity contribution in [3.05, 3.63) is 10.6 Å². The van der Waals surface area contributed by atoms with Gasteiger partial charge in [-0.1, -0.05) is 16.3 Å². The van der Waals surface area contributed by atoms with Crippen molar-refractivity contribution in [2.45, 2.75) is 19.6 Å². The van der Waals surface area contributed by atoms with Crippen LogP contribution in [-0.2, 0) is 10.5 Å². The van der Waals surface area contributed by atoms with Crippen LogP contribution in [0.4, 0.5) is 0 Å². The zero-order chi connectivity index (χ0) is 8.27. The van der Waals surface area contributed by atoms with Gasteiger partial charge in [-0.05, 0) is 18.5 Å². The quantitative estimate of drug-likeness (QED) is 0.707. The lowest BCUT2D eigenvalue weighted by Crippen LogP contribution is -1.87. The Balaban J connectivity index is 2.51. The average molecular weight is 188 g/mol. The SMILES string of the molecule is CC(=O)SCc1nnsc1C. The summed E-state index contributed by atoms with van der Waals surface area (Å²) in [5.41, 5.74) is 0.926. The van der Waals surface area contributed by atoms with E-state index in [4.69, 9.17) is 0 Å². The molecule has 0 saturated carbocycles. The van der Waals surface area contributed by atoms with Crippen LogP contribution in [0.1, 0.15) is 17.5 Å². The number of carbonyl (C=O) groups is 1. The summed E-state index contributed by atoms with van der Waals surface area (Å²) in [6.07, 6.45) is 0. The normalized spacial score (nSPS) is 10.0. The predicted molar refractivity (Wildman–Crippen MR) is 46.6 cm³/mol. The van der Waals surface area contributed by atoms with Crippen molar-refractivity contribution in [2.24, 2.45) is 0 Å². The monoisotopic (exact) mass is 188 g/mol. The molecule has 1 heterocycles. The van der Waals surface area contributed by atoms with Gasteiger partial charge in [-0.3, -0.25) is 4.79 Å². The third kappa shape index (κ3) is 2.59. The fourth-order valence-corrected chi connectivity index (χ4v) is 1.74. The maximum atomic E-state index is 10.6. The minimum absolute atomic E-state index is 0.123. The Labute approximate surface area is 73.4 Å². The first kappa shape index (κ1) is 8.67. The Bertz CT molecular complexity index is 259. The molecule has 0 aliphatic rings. The predicted octanol–water partition coefficient (Wildman–Crippen LogP) is 1.63. The first-order valence-electron chi connectivity index (χ1n) is 3.11. The zero-order valence-corrected chi connectivity index (χ0v) is 7.96. The van der Waals surface area contributed by atoms with E-state index in [1.165, 1.54) is 23.3 Å². The van der Waals surface area contributed by atoms with Crippen LogP contribution in [0.25, 0.3) is 0 Å². The van der Waals surface area contributed by atoms with Gasteiger partial charge >= 0.3 is 0 Å². The van der Waals surface area contributed by atoms with E-state index in [2.05, 4.69) is 9.59 Å². The minimum Gasteiger partial charge on any atom is -0.288 e. The Morgan fingerprint density at radius 2 is 2.45 bits per heavy atom. The Hall–Kier alpha value is -0.420. The molecule has 0 aliphatic heterocycles. The highest BCUT2D eigenvalue weighted by Gasteiger charge is 2.03. The van der Waals surface area contributed by atoms with E-state index in [9.17, 15) is 4.79 Å². The van der Waals surface area contributed by atoms with Crippen molar-refractivity contribution in [2.75, 3.05) is 0 Å². The van der Waals surface area contributed by atoms with Crippen LogP contribution in [0, 0.1) is 6.92 Å². The van der Waals surface area contributed by atoms with Gasteiger partial charge < -0.3 is 0 Å². The second kappa shape index (κ2) is 3.82. The fourth-order valence-electron chi connectivity index (χ4n) is 0.555.